The van der Waals surface area contributed by atoms with Gasteiger partial charge < -0.3 is 20.3 Å². The molecular weight excluding hydrogens is 340 g/mol. The Morgan fingerprint density at radius 1 is 1.04 bits per heavy atom. The third-order valence-corrected chi connectivity index (χ3v) is 4.31. The van der Waals surface area contributed by atoms with Crippen molar-refractivity contribution in [2.45, 2.75) is 83.4 Å². The van der Waals surface area contributed by atoms with E-state index in [4.69, 9.17) is 14.9 Å². The van der Waals surface area contributed by atoms with Gasteiger partial charge in [0.15, 0.2) is 0 Å². The second-order valence-electron chi connectivity index (χ2n) is 7.78. The van der Waals surface area contributed by atoms with Gasteiger partial charge in [0.1, 0.15) is 18.2 Å². The van der Waals surface area contributed by atoms with E-state index < -0.39 is 23.6 Å². The van der Waals surface area contributed by atoms with Crippen molar-refractivity contribution >= 4 is 18.0 Å². The van der Waals surface area contributed by atoms with Gasteiger partial charge in [0.05, 0.1) is 0 Å². The summed E-state index contributed by atoms with van der Waals surface area (Å²) in [7, 11) is 0. The molecule has 8 heteroatoms. The van der Waals surface area contributed by atoms with E-state index >= 15 is 0 Å². The van der Waals surface area contributed by atoms with Crippen LogP contribution in [0.1, 0.15) is 65.7 Å². The molecule has 26 heavy (non-hydrogen) atoms. The van der Waals surface area contributed by atoms with Crippen LogP contribution in [0, 0.1) is 0 Å². The number of hydrogen-bond donors (Lipinski definition) is 3. The van der Waals surface area contributed by atoms with Crippen LogP contribution in [0.2, 0.25) is 0 Å². The summed E-state index contributed by atoms with van der Waals surface area (Å²) in [5, 5.41) is 20.1. The third kappa shape index (κ3) is 8.51. The fourth-order valence-electron chi connectivity index (χ4n) is 3.10. The summed E-state index contributed by atoms with van der Waals surface area (Å²) in [4.78, 5) is 34.4. The highest BCUT2D eigenvalue weighted by Gasteiger charge is 2.30. The van der Waals surface area contributed by atoms with Gasteiger partial charge in [-0.25, -0.2) is 4.79 Å². The molecule has 0 unspecified atom stereocenters. The van der Waals surface area contributed by atoms with Crippen molar-refractivity contribution in [3.05, 3.63) is 0 Å². The molecule has 3 N–H and O–H groups in total. The van der Waals surface area contributed by atoms with Crippen LogP contribution < -0.4 is 5.32 Å². The quantitative estimate of drug-likeness (QED) is 0.694. The molecule has 1 saturated carbocycles. The first-order valence-electron chi connectivity index (χ1n) is 9.28. The Morgan fingerprint density at radius 3 is 2.04 bits per heavy atom. The molecular formula is C18H32N2O6. The smallest absolute Gasteiger partial charge is 0.411 e. The lowest BCUT2D eigenvalue weighted by Crippen LogP contribution is -2.46. The molecule has 0 radical (unpaired) electrons. The number of carboxylic acids is 2. The van der Waals surface area contributed by atoms with Crippen molar-refractivity contribution < 1.29 is 29.3 Å². The SMILES string of the molecule is CC(C)(C)OC(=O)N(CC(=O)O)C1CCCCC1.O=C(O)[C@@H]1CCCN1. The lowest BCUT2D eigenvalue weighted by Gasteiger charge is -2.34. The lowest BCUT2D eigenvalue weighted by molar-refractivity contribution is -0.139. The molecule has 2 rings (SSSR count). The standard InChI is InChI=1S/C13H23NO4.C5H9NO2/c1-13(2,3)18-12(17)14(9-11(15)16)10-7-5-4-6-8-10;7-5(8)4-2-1-3-6-4/h10H,4-9H2,1-3H3,(H,15,16);4,6H,1-3H2,(H,7,8)/t;4-/m.0/s1. The zero-order valence-corrected chi connectivity index (χ0v) is 16.0. The van der Waals surface area contributed by atoms with Crippen LogP contribution in [0.3, 0.4) is 0 Å². The van der Waals surface area contributed by atoms with Gasteiger partial charge in [-0.2, -0.15) is 0 Å². The number of amides is 1. The molecule has 2 aliphatic rings. The zero-order chi connectivity index (χ0) is 19.7. The molecule has 1 saturated heterocycles. The van der Waals surface area contributed by atoms with Crippen molar-refractivity contribution in [1.82, 2.24) is 10.2 Å². The fourth-order valence-corrected chi connectivity index (χ4v) is 3.10. The summed E-state index contributed by atoms with van der Waals surface area (Å²) in [6.45, 7) is 5.93. The van der Waals surface area contributed by atoms with Gasteiger partial charge in [-0.3, -0.25) is 14.5 Å². The average molecular weight is 372 g/mol. The molecule has 1 amide bonds. The number of ether oxygens (including phenoxy) is 1. The first-order valence-corrected chi connectivity index (χ1v) is 9.28. The number of carboxylic acid groups (broad SMARTS) is 2. The van der Waals surface area contributed by atoms with Crippen molar-refractivity contribution in [2.75, 3.05) is 13.1 Å². The van der Waals surface area contributed by atoms with Gasteiger partial charge in [0.25, 0.3) is 0 Å². The summed E-state index contributed by atoms with van der Waals surface area (Å²) in [5.74, 6) is -1.71. The highest BCUT2D eigenvalue weighted by atomic mass is 16.6. The Kier molecular flexibility index (Phi) is 8.84. The highest BCUT2D eigenvalue weighted by Crippen LogP contribution is 2.24. The summed E-state index contributed by atoms with van der Waals surface area (Å²) < 4.78 is 5.28. The van der Waals surface area contributed by atoms with E-state index in [1.165, 1.54) is 4.90 Å². The maximum Gasteiger partial charge on any atom is 0.411 e. The molecule has 1 aliphatic heterocycles. The maximum absolute atomic E-state index is 12.0. The molecule has 1 atom stereocenters. The van der Waals surface area contributed by atoms with E-state index in [9.17, 15) is 14.4 Å². The molecule has 0 aromatic carbocycles. The van der Waals surface area contributed by atoms with Gasteiger partial charge in [-0.15, -0.1) is 0 Å². The van der Waals surface area contributed by atoms with E-state index in [0.717, 1.165) is 51.5 Å². The van der Waals surface area contributed by atoms with Crippen molar-refractivity contribution in [3.63, 3.8) is 0 Å². The number of rotatable bonds is 4. The van der Waals surface area contributed by atoms with E-state index in [-0.39, 0.29) is 18.6 Å². The molecule has 0 spiro atoms. The van der Waals surface area contributed by atoms with Gasteiger partial charge in [-0.05, 0) is 53.0 Å². The second kappa shape index (κ2) is 10.4. The number of carbonyl (C=O) groups excluding carboxylic acids is 1. The Hall–Kier alpha value is -1.83. The van der Waals surface area contributed by atoms with Crippen LogP contribution in [0.4, 0.5) is 4.79 Å². The molecule has 150 valence electrons. The number of aliphatic carboxylic acids is 2. The zero-order valence-electron chi connectivity index (χ0n) is 16.0. The average Bonchev–Trinajstić information content (AvgIpc) is 3.07. The summed E-state index contributed by atoms with van der Waals surface area (Å²) >= 11 is 0. The van der Waals surface area contributed by atoms with Crippen LogP contribution in [-0.4, -0.2) is 63.9 Å². The predicted molar refractivity (Wildman–Crippen MR) is 96.1 cm³/mol. The first-order chi connectivity index (χ1) is 12.1. The largest absolute Gasteiger partial charge is 0.480 e. The van der Waals surface area contributed by atoms with Gasteiger partial charge in [-0.1, -0.05) is 19.3 Å². The monoisotopic (exact) mass is 372 g/mol. The Bertz CT molecular complexity index is 477. The van der Waals surface area contributed by atoms with E-state index in [0.29, 0.717) is 0 Å². The predicted octanol–water partition coefficient (Wildman–Crippen LogP) is 2.46. The first kappa shape index (κ1) is 22.2. The molecule has 8 nitrogen and oxygen atoms in total. The number of hydrogen-bond acceptors (Lipinski definition) is 5. The van der Waals surface area contributed by atoms with Crippen molar-refractivity contribution in [1.29, 1.82) is 0 Å². The number of nitrogens with one attached hydrogen (secondary N) is 1. The molecule has 0 aromatic heterocycles. The Labute approximate surface area is 154 Å². The van der Waals surface area contributed by atoms with Crippen molar-refractivity contribution in [2.24, 2.45) is 0 Å². The van der Waals surface area contributed by atoms with Gasteiger partial charge in [0.2, 0.25) is 0 Å². The van der Waals surface area contributed by atoms with Crippen LogP contribution in [0.5, 0.6) is 0 Å². The van der Waals surface area contributed by atoms with Crippen LogP contribution in [0.25, 0.3) is 0 Å². The molecule has 0 bridgehead atoms. The molecule has 1 heterocycles. The summed E-state index contributed by atoms with van der Waals surface area (Å²) in [6.07, 6.45) is 6.25. The minimum Gasteiger partial charge on any atom is -0.480 e. The van der Waals surface area contributed by atoms with Crippen LogP contribution >= 0.6 is 0 Å². The van der Waals surface area contributed by atoms with Crippen molar-refractivity contribution in [3.8, 4) is 0 Å². The third-order valence-electron chi connectivity index (χ3n) is 4.31. The normalized spacial score (nSPS) is 20.7. The summed E-state index contributed by atoms with van der Waals surface area (Å²) in [5.41, 5.74) is -0.595. The van der Waals surface area contributed by atoms with Gasteiger partial charge in [0, 0.05) is 6.04 Å². The van der Waals surface area contributed by atoms with Crippen LogP contribution in [0.15, 0.2) is 0 Å². The lowest BCUT2D eigenvalue weighted by atomic mass is 9.94. The van der Waals surface area contributed by atoms with E-state index in [2.05, 4.69) is 5.32 Å². The fraction of sp³-hybridized carbons (Fsp3) is 0.833. The highest BCUT2D eigenvalue weighted by molar-refractivity contribution is 5.77. The molecule has 2 fully saturated rings. The minimum atomic E-state index is -0.994. The molecule has 1 aliphatic carbocycles. The van der Waals surface area contributed by atoms with Crippen LogP contribution in [-0.2, 0) is 14.3 Å². The second-order valence-corrected chi connectivity index (χ2v) is 7.78. The maximum atomic E-state index is 12.0. The Morgan fingerprint density at radius 2 is 1.65 bits per heavy atom. The van der Waals surface area contributed by atoms with E-state index in [1.807, 2.05) is 0 Å². The topological polar surface area (TPSA) is 116 Å². The number of nitrogens with zero attached hydrogens (tertiary/aromatic N) is 1. The number of carbonyl (C=O) groups is 3. The summed E-state index contributed by atoms with van der Waals surface area (Å²) in [6, 6.07) is -0.264. The minimum absolute atomic E-state index is 0.00435. The van der Waals surface area contributed by atoms with Gasteiger partial charge >= 0.3 is 18.0 Å². The van der Waals surface area contributed by atoms with E-state index in [1.54, 1.807) is 20.8 Å². The Balaban J connectivity index is 0.000000350. The molecule has 0 aromatic rings.